The first kappa shape index (κ1) is 21.7. The van der Waals surface area contributed by atoms with Gasteiger partial charge in [-0.2, -0.15) is 5.26 Å². The average Bonchev–Trinajstić information content (AvgIpc) is 3.00. The van der Waals surface area contributed by atoms with E-state index in [0.717, 1.165) is 27.1 Å². The number of aromatic nitrogens is 1. The van der Waals surface area contributed by atoms with E-state index in [0.29, 0.717) is 16.5 Å². The summed E-state index contributed by atoms with van der Waals surface area (Å²) in [6.45, 7) is 3.93. The zero-order valence-corrected chi connectivity index (χ0v) is 19.0. The Hall–Kier alpha value is -3.01. The summed E-state index contributed by atoms with van der Waals surface area (Å²) in [7, 11) is 1.50. The number of carbonyl (C=O) groups is 1. The van der Waals surface area contributed by atoms with Gasteiger partial charge in [-0.05, 0) is 74.0 Å². The van der Waals surface area contributed by atoms with E-state index in [9.17, 15) is 10.1 Å². The fourth-order valence-corrected chi connectivity index (χ4v) is 3.63. The Morgan fingerprint density at radius 3 is 2.53 bits per heavy atom. The number of benzene rings is 2. The number of halogens is 2. The molecule has 0 saturated carbocycles. The van der Waals surface area contributed by atoms with Crippen molar-refractivity contribution in [1.29, 1.82) is 5.26 Å². The van der Waals surface area contributed by atoms with Crippen molar-refractivity contribution in [2.24, 2.45) is 0 Å². The molecule has 0 radical (unpaired) electrons. The van der Waals surface area contributed by atoms with Crippen LogP contribution in [0.5, 0.6) is 5.75 Å². The maximum atomic E-state index is 12.7. The van der Waals surface area contributed by atoms with Gasteiger partial charge in [0.15, 0.2) is 0 Å². The highest BCUT2D eigenvalue weighted by atomic mass is 79.9. The molecule has 30 heavy (non-hydrogen) atoms. The summed E-state index contributed by atoms with van der Waals surface area (Å²) in [6, 6.07) is 16.8. The number of carbonyl (C=O) groups excluding carboxylic acids is 1. The Kier molecular flexibility index (Phi) is 6.66. The van der Waals surface area contributed by atoms with E-state index in [4.69, 9.17) is 16.3 Å². The molecule has 3 rings (SSSR count). The van der Waals surface area contributed by atoms with Crippen LogP contribution in [0.1, 0.15) is 17.0 Å². The molecule has 7 heteroatoms. The summed E-state index contributed by atoms with van der Waals surface area (Å²) in [4.78, 5) is 12.7. The molecule has 0 spiro atoms. The molecule has 5 nitrogen and oxygen atoms in total. The number of amides is 1. The van der Waals surface area contributed by atoms with Gasteiger partial charge < -0.3 is 14.6 Å². The second-order valence-electron chi connectivity index (χ2n) is 6.61. The van der Waals surface area contributed by atoms with Crippen LogP contribution in [0.25, 0.3) is 11.8 Å². The van der Waals surface area contributed by atoms with Gasteiger partial charge in [-0.25, -0.2) is 0 Å². The second kappa shape index (κ2) is 9.21. The number of nitrogens with one attached hydrogen (secondary N) is 1. The van der Waals surface area contributed by atoms with Crippen LogP contribution < -0.4 is 10.1 Å². The first-order valence-corrected chi connectivity index (χ1v) is 10.2. The Balaban J connectivity index is 1.94. The van der Waals surface area contributed by atoms with Crippen LogP contribution in [0.2, 0.25) is 5.02 Å². The topological polar surface area (TPSA) is 67.0 Å². The molecule has 0 aliphatic rings. The SMILES string of the molecule is COc1ccc(Cl)cc1NC(=O)/C(C#N)=C/c1cc(C)n(-c2ccc(Br)cc2)c1C. The molecule has 1 heterocycles. The highest BCUT2D eigenvalue weighted by Crippen LogP contribution is 2.29. The third-order valence-corrected chi connectivity index (χ3v) is 5.39. The van der Waals surface area contributed by atoms with Crippen molar-refractivity contribution in [3.8, 4) is 17.5 Å². The molecule has 0 fully saturated rings. The fourth-order valence-electron chi connectivity index (χ4n) is 3.19. The molecule has 0 atom stereocenters. The Bertz CT molecular complexity index is 1170. The molecule has 3 aromatic rings. The summed E-state index contributed by atoms with van der Waals surface area (Å²) in [5, 5.41) is 12.7. The standard InChI is InChI=1S/C23H19BrClN3O2/c1-14-10-16(15(2)28(14)20-7-4-18(24)5-8-20)11-17(13-26)23(29)27-21-12-19(25)6-9-22(21)30-3/h4-12H,1-3H3,(H,27,29)/b17-11+. The molecule has 2 aromatic carbocycles. The second-order valence-corrected chi connectivity index (χ2v) is 7.96. The molecule has 1 amide bonds. The molecule has 0 saturated heterocycles. The Morgan fingerprint density at radius 1 is 1.20 bits per heavy atom. The summed E-state index contributed by atoms with van der Waals surface area (Å²) in [5.41, 5.74) is 4.09. The number of nitrogens with zero attached hydrogens (tertiary/aromatic N) is 2. The molecule has 0 bridgehead atoms. The first-order valence-electron chi connectivity index (χ1n) is 9.05. The van der Waals surface area contributed by atoms with Gasteiger partial charge in [0.1, 0.15) is 17.4 Å². The van der Waals surface area contributed by atoms with Gasteiger partial charge in [-0.1, -0.05) is 27.5 Å². The number of aryl methyl sites for hydroxylation is 1. The van der Waals surface area contributed by atoms with Crippen molar-refractivity contribution in [1.82, 2.24) is 4.57 Å². The van der Waals surface area contributed by atoms with E-state index in [2.05, 4.69) is 25.8 Å². The van der Waals surface area contributed by atoms with Crippen molar-refractivity contribution < 1.29 is 9.53 Å². The van der Waals surface area contributed by atoms with E-state index in [1.54, 1.807) is 24.3 Å². The predicted octanol–water partition coefficient (Wildman–Crippen LogP) is 6.06. The van der Waals surface area contributed by atoms with Crippen LogP contribution in [0.3, 0.4) is 0 Å². The van der Waals surface area contributed by atoms with E-state index in [-0.39, 0.29) is 5.57 Å². The normalized spacial score (nSPS) is 11.1. The lowest BCUT2D eigenvalue weighted by atomic mass is 10.1. The quantitative estimate of drug-likeness (QED) is 0.353. The monoisotopic (exact) mass is 483 g/mol. The van der Waals surface area contributed by atoms with Gasteiger partial charge in [0.25, 0.3) is 5.91 Å². The van der Waals surface area contributed by atoms with Crippen molar-refractivity contribution >= 4 is 45.2 Å². The van der Waals surface area contributed by atoms with Crippen LogP contribution in [-0.2, 0) is 4.79 Å². The van der Waals surface area contributed by atoms with Crippen LogP contribution in [0, 0.1) is 25.2 Å². The third kappa shape index (κ3) is 4.59. The molecular formula is C23H19BrClN3O2. The van der Waals surface area contributed by atoms with E-state index < -0.39 is 5.91 Å². The number of hydrogen-bond acceptors (Lipinski definition) is 3. The lowest BCUT2D eigenvalue weighted by Gasteiger charge is -2.10. The third-order valence-electron chi connectivity index (χ3n) is 4.63. The van der Waals surface area contributed by atoms with Gasteiger partial charge >= 0.3 is 0 Å². The van der Waals surface area contributed by atoms with Gasteiger partial charge in [0.05, 0.1) is 12.8 Å². The number of nitriles is 1. The minimum Gasteiger partial charge on any atom is -0.495 e. The Morgan fingerprint density at radius 2 is 1.90 bits per heavy atom. The largest absolute Gasteiger partial charge is 0.495 e. The summed E-state index contributed by atoms with van der Waals surface area (Å²) in [6.07, 6.45) is 1.59. The highest BCUT2D eigenvalue weighted by Gasteiger charge is 2.16. The molecule has 1 N–H and O–H groups in total. The van der Waals surface area contributed by atoms with Crippen molar-refractivity contribution in [3.63, 3.8) is 0 Å². The minimum absolute atomic E-state index is 0.0203. The number of ether oxygens (including phenoxy) is 1. The number of hydrogen-bond donors (Lipinski definition) is 1. The molecule has 0 unspecified atom stereocenters. The van der Waals surface area contributed by atoms with Gasteiger partial charge in [-0.3, -0.25) is 4.79 Å². The average molecular weight is 485 g/mol. The van der Waals surface area contributed by atoms with Crippen molar-refractivity contribution in [2.75, 3.05) is 12.4 Å². The van der Waals surface area contributed by atoms with Gasteiger partial charge in [-0.15, -0.1) is 0 Å². The Labute approximate surface area is 188 Å². The van der Waals surface area contributed by atoms with E-state index >= 15 is 0 Å². The smallest absolute Gasteiger partial charge is 0.266 e. The van der Waals surface area contributed by atoms with Gasteiger partial charge in [0.2, 0.25) is 0 Å². The zero-order valence-electron chi connectivity index (χ0n) is 16.7. The maximum absolute atomic E-state index is 12.7. The molecular weight excluding hydrogens is 466 g/mol. The fraction of sp³-hybridized carbons (Fsp3) is 0.130. The lowest BCUT2D eigenvalue weighted by molar-refractivity contribution is -0.112. The van der Waals surface area contributed by atoms with E-state index in [1.165, 1.54) is 7.11 Å². The van der Waals surface area contributed by atoms with Crippen molar-refractivity contribution in [2.45, 2.75) is 13.8 Å². The van der Waals surface area contributed by atoms with Crippen molar-refractivity contribution in [3.05, 3.63) is 80.6 Å². The van der Waals surface area contributed by atoms with Gasteiger partial charge in [0, 0.05) is 26.6 Å². The van der Waals surface area contributed by atoms with Crippen LogP contribution in [-0.4, -0.2) is 17.6 Å². The van der Waals surface area contributed by atoms with E-state index in [1.807, 2.05) is 50.2 Å². The summed E-state index contributed by atoms with van der Waals surface area (Å²) < 4.78 is 8.31. The van der Waals surface area contributed by atoms with Crippen LogP contribution in [0.15, 0.2) is 58.6 Å². The predicted molar refractivity (Wildman–Crippen MR) is 123 cm³/mol. The summed E-state index contributed by atoms with van der Waals surface area (Å²) in [5.74, 6) is -0.0787. The first-order chi connectivity index (χ1) is 14.3. The van der Waals surface area contributed by atoms with Crippen LogP contribution in [0.4, 0.5) is 5.69 Å². The molecule has 0 aliphatic carbocycles. The lowest BCUT2D eigenvalue weighted by Crippen LogP contribution is -2.14. The summed E-state index contributed by atoms with van der Waals surface area (Å²) >= 11 is 9.46. The number of methoxy groups -OCH3 is 1. The molecule has 0 aliphatic heterocycles. The minimum atomic E-state index is -0.536. The number of anilines is 1. The highest BCUT2D eigenvalue weighted by molar-refractivity contribution is 9.10. The molecule has 152 valence electrons. The maximum Gasteiger partial charge on any atom is 0.266 e. The zero-order chi connectivity index (χ0) is 21.8. The van der Waals surface area contributed by atoms with Crippen LogP contribution >= 0.6 is 27.5 Å². The number of rotatable bonds is 5. The molecule has 1 aromatic heterocycles.